The predicted molar refractivity (Wildman–Crippen MR) is 62.0 cm³/mol. The Hall–Kier alpha value is -1.48. The van der Waals surface area contributed by atoms with Crippen molar-refractivity contribution in [2.45, 2.75) is 25.7 Å². The van der Waals surface area contributed by atoms with E-state index >= 15 is 0 Å². The van der Waals surface area contributed by atoms with E-state index in [0.717, 1.165) is 25.7 Å². The predicted octanol–water partition coefficient (Wildman–Crippen LogP) is 3.59. The molecule has 0 saturated carbocycles. The molecule has 0 radical (unpaired) electrons. The van der Waals surface area contributed by atoms with Crippen LogP contribution >= 0.6 is 0 Å². The van der Waals surface area contributed by atoms with Gasteiger partial charge in [0.1, 0.15) is 0 Å². The van der Waals surface area contributed by atoms with Crippen molar-refractivity contribution in [1.29, 1.82) is 0 Å². The summed E-state index contributed by atoms with van der Waals surface area (Å²) in [6, 6.07) is 10.5. The third-order valence-electron chi connectivity index (χ3n) is 2.05. The summed E-state index contributed by atoms with van der Waals surface area (Å²) in [6.45, 7) is 0. The standard InChI is InChI=1S/C14H16/c1-2-3-4-5-6-8-11-14-12-9-7-10-13-14/h1,6-10,12-13H,3-5,11H2/b8-6+. The summed E-state index contributed by atoms with van der Waals surface area (Å²) in [6.07, 6.45) is 13.7. The maximum absolute atomic E-state index is 5.16. The summed E-state index contributed by atoms with van der Waals surface area (Å²) in [5.41, 5.74) is 1.36. The van der Waals surface area contributed by atoms with E-state index in [2.05, 4.69) is 42.3 Å². The van der Waals surface area contributed by atoms with E-state index in [1.54, 1.807) is 0 Å². The van der Waals surface area contributed by atoms with E-state index in [-0.39, 0.29) is 0 Å². The first-order valence-corrected chi connectivity index (χ1v) is 5.06. The van der Waals surface area contributed by atoms with Gasteiger partial charge in [0.15, 0.2) is 0 Å². The number of hydrogen-bond donors (Lipinski definition) is 0. The topological polar surface area (TPSA) is 0 Å². The monoisotopic (exact) mass is 184 g/mol. The SMILES string of the molecule is C#CCCC/C=C/Cc1ccccc1. The van der Waals surface area contributed by atoms with Crippen molar-refractivity contribution in [1.82, 2.24) is 0 Å². The van der Waals surface area contributed by atoms with Crippen LogP contribution in [-0.4, -0.2) is 0 Å². The number of unbranched alkanes of at least 4 members (excludes halogenated alkanes) is 2. The molecule has 0 aliphatic heterocycles. The molecule has 0 aliphatic rings. The van der Waals surface area contributed by atoms with Gasteiger partial charge in [0.25, 0.3) is 0 Å². The van der Waals surface area contributed by atoms with E-state index in [4.69, 9.17) is 6.42 Å². The first kappa shape index (κ1) is 10.6. The molecule has 0 unspecified atom stereocenters. The molecule has 0 bridgehead atoms. The Morgan fingerprint density at radius 2 is 1.93 bits per heavy atom. The fourth-order valence-corrected chi connectivity index (χ4v) is 1.27. The second-order valence-electron chi connectivity index (χ2n) is 3.26. The molecular weight excluding hydrogens is 168 g/mol. The molecule has 72 valence electrons. The van der Waals surface area contributed by atoms with Crippen LogP contribution in [0.3, 0.4) is 0 Å². The quantitative estimate of drug-likeness (QED) is 0.373. The van der Waals surface area contributed by atoms with E-state index in [0.29, 0.717) is 0 Å². The first-order chi connectivity index (χ1) is 6.93. The molecule has 0 N–H and O–H groups in total. The number of allylic oxidation sites excluding steroid dienone is 2. The minimum absolute atomic E-state index is 0.885. The van der Waals surface area contributed by atoms with Gasteiger partial charge in [-0.3, -0.25) is 0 Å². The minimum atomic E-state index is 0.885. The Morgan fingerprint density at radius 3 is 2.64 bits per heavy atom. The summed E-state index contributed by atoms with van der Waals surface area (Å²) in [5.74, 6) is 2.64. The van der Waals surface area contributed by atoms with Gasteiger partial charge in [-0.2, -0.15) is 0 Å². The van der Waals surface area contributed by atoms with Gasteiger partial charge < -0.3 is 0 Å². The van der Waals surface area contributed by atoms with Crippen molar-refractivity contribution in [3.8, 4) is 12.3 Å². The molecular formula is C14H16. The molecule has 0 aliphatic carbocycles. The Bertz CT molecular complexity index is 301. The molecule has 1 aromatic carbocycles. The van der Waals surface area contributed by atoms with Crippen molar-refractivity contribution < 1.29 is 0 Å². The Balaban J connectivity index is 2.18. The van der Waals surface area contributed by atoms with Gasteiger partial charge in [-0.1, -0.05) is 42.5 Å². The van der Waals surface area contributed by atoms with Crippen LogP contribution in [0.5, 0.6) is 0 Å². The summed E-state index contributed by atoms with van der Waals surface area (Å²) in [7, 11) is 0. The highest BCUT2D eigenvalue weighted by Gasteiger charge is 1.85. The molecule has 14 heavy (non-hydrogen) atoms. The van der Waals surface area contributed by atoms with Crippen LogP contribution in [-0.2, 0) is 6.42 Å². The summed E-state index contributed by atoms with van der Waals surface area (Å²) in [5, 5.41) is 0. The first-order valence-electron chi connectivity index (χ1n) is 5.06. The fourth-order valence-electron chi connectivity index (χ4n) is 1.27. The third kappa shape index (κ3) is 4.52. The molecule has 1 aromatic rings. The largest absolute Gasteiger partial charge is 0.120 e. The van der Waals surface area contributed by atoms with Gasteiger partial charge in [-0.05, 0) is 24.8 Å². The van der Waals surface area contributed by atoms with E-state index < -0.39 is 0 Å². The smallest absolute Gasteiger partial charge is 0.00890 e. The lowest BCUT2D eigenvalue weighted by molar-refractivity contribution is 0.883. The van der Waals surface area contributed by atoms with Crippen molar-refractivity contribution >= 4 is 0 Å². The molecule has 0 aromatic heterocycles. The van der Waals surface area contributed by atoms with Crippen LogP contribution in [0, 0.1) is 12.3 Å². The second kappa shape index (κ2) is 6.97. The van der Waals surface area contributed by atoms with Crippen molar-refractivity contribution in [3.05, 3.63) is 48.0 Å². The average molecular weight is 184 g/mol. The molecule has 0 heteroatoms. The summed E-state index contributed by atoms with van der Waals surface area (Å²) in [4.78, 5) is 0. The summed E-state index contributed by atoms with van der Waals surface area (Å²) >= 11 is 0. The van der Waals surface area contributed by atoms with Gasteiger partial charge in [-0.15, -0.1) is 12.3 Å². The molecule has 0 heterocycles. The van der Waals surface area contributed by atoms with Gasteiger partial charge in [-0.25, -0.2) is 0 Å². The van der Waals surface area contributed by atoms with Crippen LogP contribution in [0.15, 0.2) is 42.5 Å². The third-order valence-corrected chi connectivity index (χ3v) is 2.05. The van der Waals surface area contributed by atoms with Gasteiger partial charge >= 0.3 is 0 Å². The van der Waals surface area contributed by atoms with Crippen LogP contribution in [0.25, 0.3) is 0 Å². The van der Waals surface area contributed by atoms with Crippen LogP contribution in [0.1, 0.15) is 24.8 Å². The van der Waals surface area contributed by atoms with Crippen LogP contribution < -0.4 is 0 Å². The molecule has 0 saturated heterocycles. The Morgan fingerprint density at radius 1 is 1.14 bits per heavy atom. The zero-order chi connectivity index (χ0) is 10.1. The zero-order valence-electron chi connectivity index (χ0n) is 8.45. The molecule has 1 rings (SSSR count). The number of benzene rings is 1. The molecule has 0 spiro atoms. The van der Waals surface area contributed by atoms with Crippen molar-refractivity contribution in [2.75, 3.05) is 0 Å². The van der Waals surface area contributed by atoms with Crippen molar-refractivity contribution in [3.63, 3.8) is 0 Å². The number of hydrogen-bond acceptors (Lipinski definition) is 0. The maximum atomic E-state index is 5.16. The van der Waals surface area contributed by atoms with E-state index in [1.807, 2.05) is 6.07 Å². The molecule has 0 fully saturated rings. The molecule has 0 nitrogen and oxygen atoms in total. The lowest BCUT2D eigenvalue weighted by Gasteiger charge is -1.94. The van der Waals surface area contributed by atoms with Crippen LogP contribution in [0.2, 0.25) is 0 Å². The van der Waals surface area contributed by atoms with Gasteiger partial charge in [0, 0.05) is 6.42 Å². The molecule has 0 atom stereocenters. The highest BCUT2D eigenvalue weighted by atomic mass is 13.9. The van der Waals surface area contributed by atoms with E-state index in [9.17, 15) is 0 Å². The van der Waals surface area contributed by atoms with Crippen LogP contribution in [0.4, 0.5) is 0 Å². The number of rotatable bonds is 5. The zero-order valence-corrected chi connectivity index (χ0v) is 8.45. The highest BCUT2D eigenvalue weighted by Crippen LogP contribution is 2.01. The lowest BCUT2D eigenvalue weighted by atomic mass is 10.1. The van der Waals surface area contributed by atoms with E-state index in [1.165, 1.54) is 5.56 Å². The fraction of sp³-hybridized carbons (Fsp3) is 0.286. The highest BCUT2D eigenvalue weighted by molar-refractivity contribution is 5.17. The minimum Gasteiger partial charge on any atom is -0.120 e. The average Bonchev–Trinajstić information content (AvgIpc) is 2.25. The normalized spacial score (nSPS) is 10.2. The van der Waals surface area contributed by atoms with Gasteiger partial charge in [0.2, 0.25) is 0 Å². The lowest BCUT2D eigenvalue weighted by Crippen LogP contribution is -1.78. The summed E-state index contributed by atoms with van der Waals surface area (Å²) < 4.78 is 0. The number of terminal acetylenes is 1. The Kier molecular flexibility index (Phi) is 5.28. The van der Waals surface area contributed by atoms with Gasteiger partial charge in [0.05, 0.1) is 0 Å². The second-order valence-corrected chi connectivity index (χ2v) is 3.26. The Labute approximate surface area is 86.7 Å². The van der Waals surface area contributed by atoms with Crippen molar-refractivity contribution in [2.24, 2.45) is 0 Å². The molecule has 0 amide bonds. The maximum Gasteiger partial charge on any atom is 0.00890 e.